The minimum Gasteiger partial charge on any atom is -0.472 e. The van der Waals surface area contributed by atoms with Gasteiger partial charge in [0.15, 0.2) is 17.5 Å². The van der Waals surface area contributed by atoms with Crippen LogP contribution in [-0.4, -0.2) is 31.3 Å². The van der Waals surface area contributed by atoms with Gasteiger partial charge in [0.25, 0.3) is 5.88 Å². The molecule has 4 nitrogen and oxygen atoms in total. The van der Waals surface area contributed by atoms with Crippen molar-refractivity contribution < 1.29 is 18.3 Å². The van der Waals surface area contributed by atoms with E-state index in [1.807, 2.05) is 0 Å². The average molecular weight is 244 g/mol. The molecule has 0 unspecified atom stereocenters. The molecule has 1 aromatic heterocycles. The molecule has 1 aromatic rings. The summed E-state index contributed by atoms with van der Waals surface area (Å²) in [4.78, 5) is 3.76. The molecule has 0 atom stereocenters. The number of anilines is 1. The topological polar surface area (TPSA) is 43.4 Å². The zero-order valence-corrected chi connectivity index (χ0v) is 9.50. The Kier molecular flexibility index (Phi) is 3.73. The van der Waals surface area contributed by atoms with Crippen LogP contribution in [0.25, 0.3) is 0 Å². The maximum atomic E-state index is 13.4. The summed E-state index contributed by atoms with van der Waals surface area (Å²) in [6.45, 7) is 1.18. The lowest BCUT2D eigenvalue weighted by atomic mass is 10.1. The lowest BCUT2D eigenvalue weighted by molar-refractivity contribution is 0.0220. The van der Waals surface area contributed by atoms with Gasteiger partial charge in [0.2, 0.25) is 0 Å². The first kappa shape index (κ1) is 12.0. The number of ether oxygens (including phenoxy) is 2. The molecule has 1 N–H and O–H groups in total. The third kappa shape index (κ3) is 2.82. The molecule has 0 saturated carbocycles. The molecule has 94 valence electrons. The molecule has 1 aliphatic rings. The van der Waals surface area contributed by atoms with Crippen LogP contribution in [0, 0.1) is 11.6 Å². The Morgan fingerprint density at radius 1 is 1.35 bits per heavy atom. The van der Waals surface area contributed by atoms with E-state index in [4.69, 9.17) is 9.47 Å². The van der Waals surface area contributed by atoms with Crippen molar-refractivity contribution in [2.75, 3.05) is 25.6 Å². The van der Waals surface area contributed by atoms with Crippen LogP contribution in [0.1, 0.15) is 12.8 Å². The van der Waals surface area contributed by atoms with Crippen molar-refractivity contribution in [1.29, 1.82) is 0 Å². The van der Waals surface area contributed by atoms with Crippen LogP contribution in [-0.2, 0) is 4.74 Å². The summed E-state index contributed by atoms with van der Waals surface area (Å²) in [6, 6.07) is 0.771. The van der Waals surface area contributed by atoms with Crippen molar-refractivity contribution in [2.45, 2.75) is 18.9 Å². The van der Waals surface area contributed by atoms with Crippen LogP contribution in [0.3, 0.4) is 0 Å². The van der Waals surface area contributed by atoms with E-state index < -0.39 is 11.6 Å². The van der Waals surface area contributed by atoms with Crippen LogP contribution in [0.4, 0.5) is 14.6 Å². The summed E-state index contributed by atoms with van der Waals surface area (Å²) in [7, 11) is 1.52. The second kappa shape index (κ2) is 5.27. The maximum Gasteiger partial charge on any atom is 0.252 e. The fourth-order valence-electron chi connectivity index (χ4n) is 1.66. The van der Waals surface area contributed by atoms with E-state index in [0.29, 0.717) is 26.1 Å². The monoisotopic (exact) mass is 244 g/mol. The quantitative estimate of drug-likeness (QED) is 0.882. The van der Waals surface area contributed by atoms with E-state index in [-0.39, 0.29) is 17.8 Å². The first-order valence-electron chi connectivity index (χ1n) is 5.49. The van der Waals surface area contributed by atoms with Gasteiger partial charge in [-0.25, -0.2) is 8.78 Å². The van der Waals surface area contributed by atoms with Crippen molar-refractivity contribution in [3.63, 3.8) is 0 Å². The summed E-state index contributed by atoms with van der Waals surface area (Å²) >= 11 is 0. The largest absolute Gasteiger partial charge is 0.472 e. The second-order valence-corrected chi connectivity index (χ2v) is 3.79. The summed E-state index contributed by atoms with van der Waals surface area (Å²) in [5, 5.41) is 2.54. The minimum atomic E-state index is -0.784. The SMILES string of the molecule is CNc1nc(OC2CCOCC2)c(F)cc1F. The van der Waals surface area contributed by atoms with Gasteiger partial charge in [-0.1, -0.05) is 0 Å². The van der Waals surface area contributed by atoms with Gasteiger partial charge in [0.05, 0.1) is 13.2 Å². The summed E-state index contributed by atoms with van der Waals surface area (Å²) in [6.07, 6.45) is 1.25. The number of halogens is 2. The highest BCUT2D eigenvalue weighted by atomic mass is 19.1. The molecule has 0 aromatic carbocycles. The molecule has 0 aliphatic carbocycles. The molecular formula is C11H14F2N2O2. The maximum absolute atomic E-state index is 13.4. The minimum absolute atomic E-state index is 0.0199. The predicted octanol–water partition coefficient (Wildman–Crippen LogP) is 1.96. The Morgan fingerprint density at radius 2 is 2.06 bits per heavy atom. The van der Waals surface area contributed by atoms with E-state index in [0.717, 1.165) is 6.07 Å². The van der Waals surface area contributed by atoms with Gasteiger partial charge < -0.3 is 14.8 Å². The Hall–Kier alpha value is -1.43. The highest BCUT2D eigenvalue weighted by Crippen LogP contribution is 2.23. The van der Waals surface area contributed by atoms with E-state index >= 15 is 0 Å². The van der Waals surface area contributed by atoms with Gasteiger partial charge in [0.1, 0.15) is 6.10 Å². The van der Waals surface area contributed by atoms with Crippen molar-refractivity contribution in [3.8, 4) is 5.88 Å². The first-order chi connectivity index (χ1) is 8.20. The zero-order valence-electron chi connectivity index (χ0n) is 9.50. The van der Waals surface area contributed by atoms with Gasteiger partial charge in [0, 0.05) is 26.0 Å². The molecule has 6 heteroatoms. The molecule has 1 aliphatic heterocycles. The number of aromatic nitrogens is 1. The number of nitrogens with zero attached hydrogens (tertiary/aromatic N) is 1. The Morgan fingerprint density at radius 3 is 2.71 bits per heavy atom. The number of nitrogens with one attached hydrogen (secondary N) is 1. The van der Waals surface area contributed by atoms with E-state index in [1.165, 1.54) is 7.05 Å². The van der Waals surface area contributed by atoms with Gasteiger partial charge in [-0.05, 0) is 0 Å². The number of hydrogen-bond donors (Lipinski definition) is 1. The fourth-order valence-corrected chi connectivity index (χ4v) is 1.66. The highest BCUT2D eigenvalue weighted by Gasteiger charge is 2.19. The first-order valence-corrected chi connectivity index (χ1v) is 5.49. The standard InChI is InChI=1S/C11H14F2N2O2/c1-14-10-8(12)6-9(13)11(15-10)17-7-2-4-16-5-3-7/h6-7H,2-5H2,1H3,(H,14,15). The lowest BCUT2D eigenvalue weighted by Crippen LogP contribution is -2.26. The molecule has 2 rings (SSSR count). The van der Waals surface area contributed by atoms with E-state index in [9.17, 15) is 8.78 Å². The average Bonchev–Trinajstić information content (AvgIpc) is 2.34. The van der Waals surface area contributed by atoms with Crippen LogP contribution in [0.15, 0.2) is 6.07 Å². The molecule has 17 heavy (non-hydrogen) atoms. The molecular weight excluding hydrogens is 230 g/mol. The van der Waals surface area contributed by atoms with Crippen LogP contribution in [0.5, 0.6) is 5.88 Å². The van der Waals surface area contributed by atoms with Crippen LogP contribution in [0.2, 0.25) is 0 Å². The molecule has 1 fully saturated rings. The number of pyridine rings is 1. The van der Waals surface area contributed by atoms with E-state index in [2.05, 4.69) is 10.3 Å². The summed E-state index contributed by atoms with van der Waals surface area (Å²) < 4.78 is 37.2. The Bertz CT molecular complexity index is 395. The van der Waals surface area contributed by atoms with Crippen molar-refractivity contribution in [2.24, 2.45) is 0 Å². The smallest absolute Gasteiger partial charge is 0.252 e. The third-order valence-electron chi connectivity index (χ3n) is 2.58. The molecule has 0 spiro atoms. The predicted molar refractivity (Wildman–Crippen MR) is 58.2 cm³/mol. The van der Waals surface area contributed by atoms with Gasteiger partial charge in [-0.3, -0.25) is 0 Å². The second-order valence-electron chi connectivity index (χ2n) is 3.79. The number of hydrogen-bond acceptors (Lipinski definition) is 4. The molecule has 0 radical (unpaired) electrons. The lowest BCUT2D eigenvalue weighted by Gasteiger charge is -2.23. The van der Waals surface area contributed by atoms with Crippen molar-refractivity contribution in [3.05, 3.63) is 17.7 Å². The molecule has 0 amide bonds. The summed E-state index contributed by atoms with van der Waals surface area (Å²) in [5.74, 6) is -1.70. The Balaban J connectivity index is 2.13. The van der Waals surface area contributed by atoms with Crippen LogP contribution >= 0.6 is 0 Å². The van der Waals surface area contributed by atoms with Crippen molar-refractivity contribution >= 4 is 5.82 Å². The van der Waals surface area contributed by atoms with Crippen molar-refractivity contribution in [1.82, 2.24) is 4.98 Å². The molecule has 0 bridgehead atoms. The number of rotatable bonds is 3. The highest BCUT2D eigenvalue weighted by molar-refractivity contribution is 5.38. The Labute approximate surface area is 97.9 Å². The van der Waals surface area contributed by atoms with Crippen LogP contribution < -0.4 is 10.1 Å². The van der Waals surface area contributed by atoms with Gasteiger partial charge >= 0.3 is 0 Å². The van der Waals surface area contributed by atoms with E-state index in [1.54, 1.807) is 0 Å². The zero-order chi connectivity index (χ0) is 12.3. The van der Waals surface area contributed by atoms with Gasteiger partial charge in [-0.15, -0.1) is 0 Å². The summed E-state index contributed by atoms with van der Waals surface area (Å²) in [5.41, 5.74) is 0. The third-order valence-corrected chi connectivity index (χ3v) is 2.58. The fraction of sp³-hybridized carbons (Fsp3) is 0.545. The van der Waals surface area contributed by atoms with Gasteiger partial charge in [-0.2, -0.15) is 4.98 Å². The molecule has 1 saturated heterocycles. The normalized spacial score (nSPS) is 16.9. The molecule has 2 heterocycles.